The van der Waals surface area contributed by atoms with Crippen molar-refractivity contribution in [2.45, 2.75) is 24.8 Å². The van der Waals surface area contributed by atoms with Crippen LogP contribution in [0.2, 0.25) is 0 Å². The Hall–Kier alpha value is -2.18. The number of amides is 1. The van der Waals surface area contributed by atoms with Gasteiger partial charge in [-0.1, -0.05) is 40.2 Å². The number of aromatic nitrogens is 2. The second kappa shape index (κ2) is 7.44. The lowest BCUT2D eigenvalue weighted by Gasteiger charge is -2.39. The maximum absolute atomic E-state index is 13.5. The summed E-state index contributed by atoms with van der Waals surface area (Å²) in [5, 5.41) is 0. The van der Waals surface area contributed by atoms with Crippen molar-refractivity contribution < 1.29 is 9.53 Å². The van der Waals surface area contributed by atoms with Crippen molar-refractivity contribution >= 4 is 32.9 Å². The van der Waals surface area contributed by atoms with Gasteiger partial charge in [-0.3, -0.25) is 4.79 Å². The first-order valence-corrected chi connectivity index (χ1v) is 9.91. The van der Waals surface area contributed by atoms with Gasteiger partial charge in [-0.15, -0.1) is 0 Å². The average molecular weight is 428 g/mol. The van der Waals surface area contributed by atoms with E-state index in [4.69, 9.17) is 4.74 Å². The standard InChI is InChI=1S/C21H22BrN3O2/c1-25(14-19-23-17-4-2-3-5-18(17)24-19)20(26)21(10-12-27-13-11-21)15-6-8-16(22)9-7-15/h2-9H,10-14H2,1H3,(H,23,24). The zero-order chi connectivity index (χ0) is 18.9. The Morgan fingerprint density at radius 2 is 1.89 bits per heavy atom. The number of nitrogens with one attached hydrogen (secondary N) is 1. The summed E-state index contributed by atoms with van der Waals surface area (Å²) < 4.78 is 6.57. The molecule has 0 bridgehead atoms. The number of fused-ring (bicyclic) bond motifs is 1. The molecule has 1 fully saturated rings. The molecule has 1 saturated heterocycles. The van der Waals surface area contributed by atoms with Crippen LogP contribution in [0.5, 0.6) is 0 Å². The Morgan fingerprint density at radius 1 is 1.19 bits per heavy atom. The van der Waals surface area contributed by atoms with Crippen LogP contribution in [-0.2, 0) is 21.5 Å². The van der Waals surface area contributed by atoms with Crippen molar-refractivity contribution in [3.63, 3.8) is 0 Å². The van der Waals surface area contributed by atoms with Crippen LogP contribution < -0.4 is 0 Å². The molecule has 0 spiro atoms. The lowest BCUT2D eigenvalue weighted by Crippen LogP contribution is -2.48. The number of hydrogen-bond acceptors (Lipinski definition) is 3. The molecule has 0 saturated carbocycles. The molecule has 140 valence electrons. The van der Waals surface area contributed by atoms with Crippen LogP contribution in [0.4, 0.5) is 0 Å². The van der Waals surface area contributed by atoms with Crippen molar-refractivity contribution in [3.05, 3.63) is 64.4 Å². The fourth-order valence-corrected chi connectivity index (χ4v) is 4.12. The molecule has 1 aliphatic rings. The highest BCUT2D eigenvalue weighted by Crippen LogP contribution is 2.37. The van der Waals surface area contributed by atoms with Gasteiger partial charge < -0.3 is 14.6 Å². The smallest absolute Gasteiger partial charge is 0.233 e. The van der Waals surface area contributed by atoms with Gasteiger partial charge >= 0.3 is 0 Å². The molecular formula is C21H22BrN3O2. The molecule has 1 N–H and O–H groups in total. The lowest BCUT2D eigenvalue weighted by molar-refractivity contribution is -0.140. The first-order chi connectivity index (χ1) is 13.1. The van der Waals surface area contributed by atoms with Gasteiger partial charge in [-0.2, -0.15) is 0 Å². The summed E-state index contributed by atoms with van der Waals surface area (Å²) in [5.41, 5.74) is 2.42. The van der Waals surface area contributed by atoms with Gasteiger partial charge in [-0.05, 0) is 42.7 Å². The highest BCUT2D eigenvalue weighted by Gasteiger charge is 2.43. The predicted molar refractivity (Wildman–Crippen MR) is 108 cm³/mol. The topological polar surface area (TPSA) is 58.2 Å². The number of rotatable bonds is 4. The SMILES string of the molecule is CN(Cc1nc2ccccc2[nH]1)C(=O)C1(c2ccc(Br)cc2)CCOCC1. The Kier molecular flexibility index (Phi) is 5.02. The number of H-pyrrole nitrogens is 1. The number of benzene rings is 2. The molecule has 5 nitrogen and oxygen atoms in total. The minimum absolute atomic E-state index is 0.119. The molecule has 27 heavy (non-hydrogen) atoms. The van der Waals surface area contributed by atoms with Crippen LogP contribution in [0, 0.1) is 0 Å². The number of para-hydroxylation sites is 2. The lowest BCUT2D eigenvalue weighted by atomic mass is 9.73. The molecule has 6 heteroatoms. The Morgan fingerprint density at radius 3 is 2.59 bits per heavy atom. The minimum atomic E-state index is -0.542. The van der Waals surface area contributed by atoms with Gasteiger partial charge in [0.2, 0.25) is 5.91 Å². The second-order valence-corrected chi connectivity index (χ2v) is 7.98. The third kappa shape index (κ3) is 3.51. The molecule has 0 aliphatic carbocycles. The number of likely N-dealkylation sites (N-methyl/N-ethyl adjacent to an activating group) is 1. The van der Waals surface area contributed by atoms with E-state index in [1.165, 1.54) is 0 Å². The Balaban J connectivity index is 1.61. The van der Waals surface area contributed by atoms with E-state index in [1.54, 1.807) is 4.90 Å². The van der Waals surface area contributed by atoms with Crippen LogP contribution in [0.15, 0.2) is 53.0 Å². The van der Waals surface area contributed by atoms with E-state index in [-0.39, 0.29) is 5.91 Å². The predicted octanol–water partition coefficient (Wildman–Crippen LogP) is 4.03. The van der Waals surface area contributed by atoms with E-state index >= 15 is 0 Å². The van der Waals surface area contributed by atoms with Gasteiger partial charge in [0.1, 0.15) is 5.82 Å². The van der Waals surface area contributed by atoms with Crippen molar-refractivity contribution in [1.82, 2.24) is 14.9 Å². The van der Waals surface area contributed by atoms with Crippen molar-refractivity contribution in [3.8, 4) is 0 Å². The third-order valence-corrected chi connectivity index (χ3v) is 5.85. The van der Waals surface area contributed by atoms with Crippen LogP contribution in [-0.4, -0.2) is 41.0 Å². The van der Waals surface area contributed by atoms with Crippen molar-refractivity contribution in [2.75, 3.05) is 20.3 Å². The molecule has 3 aromatic rings. The van der Waals surface area contributed by atoms with Crippen LogP contribution in [0.3, 0.4) is 0 Å². The zero-order valence-corrected chi connectivity index (χ0v) is 16.8. The van der Waals surface area contributed by atoms with Gasteiger partial charge in [0, 0.05) is 24.7 Å². The van der Waals surface area contributed by atoms with E-state index < -0.39 is 5.41 Å². The average Bonchev–Trinajstić information content (AvgIpc) is 3.10. The monoisotopic (exact) mass is 427 g/mol. The number of imidazole rings is 1. The summed E-state index contributed by atoms with van der Waals surface area (Å²) in [7, 11) is 1.85. The normalized spacial score (nSPS) is 16.4. The molecule has 0 radical (unpaired) electrons. The summed E-state index contributed by atoms with van der Waals surface area (Å²) in [6.45, 7) is 1.65. The highest BCUT2D eigenvalue weighted by molar-refractivity contribution is 9.10. The largest absolute Gasteiger partial charge is 0.381 e. The second-order valence-electron chi connectivity index (χ2n) is 7.06. The summed E-state index contributed by atoms with van der Waals surface area (Å²) in [5.74, 6) is 0.915. The number of nitrogens with zero attached hydrogens (tertiary/aromatic N) is 2. The maximum atomic E-state index is 13.5. The van der Waals surface area contributed by atoms with Gasteiger partial charge in [-0.25, -0.2) is 4.98 Å². The summed E-state index contributed by atoms with van der Waals surface area (Å²) in [4.78, 5) is 23.2. The fourth-order valence-electron chi connectivity index (χ4n) is 3.86. The molecule has 1 amide bonds. The van der Waals surface area contributed by atoms with E-state index in [9.17, 15) is 4.79 Å². The highest BCUT2D eigenvalue weighted by atomic mass is 79.9. The van der Waals surface area contributed by atoms with Crippen LogP contribution >= 0.6 is 15.9 Å². The van der Waals surface area contributed by atoms with Gasteiger partial charge in [0.05, 0.1) is 23.0 Å². The number of carbonyl (C=O) groups is 1. The first kappa shape index (κ1) is 18.2. The summed E-state index contributed by atoms with van der Waals surface area (Å²) >= 11 is 3.48. The Labute approximate surface area is 166 Å². The van der Waals surface area contributed by atoms with Gasteiger partial charge in [0.25, 0.3) is 0 Å². The van der Waals surface area contributed by atoms with Crippen molar-refractivity contribution in [2.24, 2.45) is 0 Å². The van der Waals surface area contributed by atoms with E-state index in [1.807, 2.05) is 55.6 Å². The molecule has 0 atom stereocenters. The van der Waals surface area contributed by atoms with E-state index in [0.717, 1.165) is 26.9 Å². The van der Waals surface area contributed by atoms with Crippen molar-refractivity contribution in [1.29, 1.82) is 0 Å². The zero-order valence-electron chi connectivity index (χ0n) is 15.2. The van der Waals surface area contributed by atoms with Crippen LogP contribution in [0.25, 0.3) is 11.0 Å². The quantitative estimate of drug-likeness (QED) is 0.683. The fraction of sp³-hybridized carbons (Fsp3) is 0.333. The molecule has 1 aromatic heterocycles. The molecule has 0 unspecified atom stereocenters. The summed E-state index contributed by atoms with van der Waals surface area (Å²) in [6, 6.07) is 16.0. The summed E-state index contributed by atoms with van der Waals surface area (Å²) in [6.07, 6.45) is 1.38. The van der Waals surface area contributed by atoms with Gasteiger partial charge in [0.15, 0.2) is 0 Å². The number of halogens is 1. The number of hydrogen-bond donors (Lipinski definition) is 1. The van der Waals surface area contributed by atoms with E-state index in [0.29, 0.717) is 32.6 Å². The maximum Gasteiger partial charge on any atom is 0.233 e. The molecule has 4 rings (SSSR count). The number of aromatic amines is 1. The molecule has 2 aromatic carbocycles. The van der Waals surface area contributed by atoms with Crippen LogP contribution in [0.1, 0.15) is 24.2 Å². The van der Waals surface area contributed by atoms with E-state index in [2.05, 4.69) is 25.9 Å². The molecule has 1 aliphatic heterocycles. The molecular weight excluding hydrogens is 406 g/mol. The Bertz CT molecular complexity index is 912. The first-order valence-electron chi connectivity index (χ1n) is 9.11. The number of ether oxygens (including phenoxy) is 1. The number of carbonyl (C=O) groups excluding carboxylic acids is 1. The molecule has 2 heterocycles. The third-order valence-electron chi connectivity index (χ3n) is 5.32. The minimum Gasteiger partial charge on any atom is -0.381 e.